The van der Waals surface area contributed by atoms with E-state index in [-0.39, 0.29) is 11.7 Å². The Bertz CT molecular complexity index is 867. The highest BCUT2D eigenvalue weighted by Crippen LogP contribution is 2.26. The maximum atomic E-state index is 13.0. The van der Waals surface area contributed by atoms with Crippen LogP contribution >= 0.6 is 0 Å². The first-order valence-corrected chi connectivity index (χ1v) is 7.85. The lowest BCUT2D eigenvalue weighted by Crippen LogP contribution is -2.33. The zero-order valence-corrected chi connectivity index (χ0v) is 12.7. The molecule has 3 nitrogen and oxygen atoms in total. The van der Waals surface area contributed by atoms with Gasteiger partial charge in [-0.3, -0.25) is 4.79 Å². The van der Waals surface area contributed by atoms with Crippen molar-refractivity contribution in [3.63, 3.8) is 0 Å². The second-order valence-corrected chi connectivity index (χ2v) is 5.93. The van der Waals surface area contributed by atoms with Gasteiger partial charge in [0.1, 0.15) is 5.82 Å². The Morgan fingerprint density at radius 2 is 1.74 bits per heavy atom. The van der Waals surface area contributed by atoms with E-state index in [0.717, 1.165) is 18.4 Å². The van der Waals surface area contributed by atoms with Gasteiger partial charge in [-0.25, -0.2) is 4.39 Å². The van der Waals surface area contributed by atoms with Crippen LogP contribution in [0.5, 0.6) is 0 Å². The van der Waals surface area contributed by atoms with Crippen LogP contribution in [0.15, 0.2) is 48.5 Å². The summed E-state index contributed by atoms with van der Waals surface area (Å²) in [6, 6.07) is 14.1. The highest BCUT2D eigenvalue weighted by molar-refractivity contribution is 5.94. The maximum absolute atomic E-state index is 13.0. The van der Waals surface area contributed by atoms with Crippen molar-refractivity contribution in [2.75, 3.05) is 13.1 Å². The molecule has 4 heteroatoms. The molecule has 3 aromatic rings. The van der Waals surface area contributed by atoms with Gasteiger partial charge >= 0.3 is 0 Å². The van der Waals surface area contributed by atoms with Crippen molar-refractivity contribution >= 4 is 16.8 Å². The Morgan fingerprint density at radius 3 is 2.57 bits per heavy atom. The van der Waals surface area contributed by atoms with Crippen LogP contribution in [0.2, 0.25) is 0 Å². The summed E-state index contributed by atoms with van der Waals surface area (Å²) >= 11 is 0. The number of benzene rings is 2. The molecular weight excluding hydrogens is 291 g/mol. The second kappa shape index (κ2) is 5.54. The third-order valence-corrected chi connectivity index (χ3v) is 4.54. The fraction of sp³-hybridized carbons (Fsp3) is 0.211. The molecule has 0 spiro atoms. The molecule has 1 N–H and O–H groups in total. The SMILES string of the molecule is O=C(c1ccc(F)cc1)N1CCc2[nH]c3ccccc3c2CC1. The summed E-state index contributed by atoms with van der Waals surface area (Å²) in [5, 5.41) is 1.25. The van der Waals surface area contributed by atoms with E-state index in [0.29, 0.717) is 18.7 Å². The van der Waals surface area contributed by atoms with Crippen LogP contribution in [-0.4, -0.2) is 28.9 Å². The fourth-order valence-corrected chi connectivity index (χ4v) is 3.34. The molecule has 1 aliphatic rings. The molecule has 4 rings (SSSR count). The Labute approximate surface area is 133 Å². The third kappa shape index (κ3) is 2.50. The number of nitrogens with one attached hydrogen (secondary N) is 1. The summed E-state index contributed by atoms with van der Waals surface area (Å²) in [7, 11) is 0. The molecule has 0 aliphatic carbocycles. The Morgan fingerprint density at radius 1 is 1.00 bits per heavy atom. The monoisotopic (exact) mass is 308 g/mol. The molecule has 0 unspecified atom stereocenters. The second-order valence-electron chi connectivity index (χ2n) is 5.93. The number of carbonyl (C=O) groups is 1. The summed E-state index contributed by atoms with van der Waals surface area (Å²) in [5.74, 6) is -0.349. The van der Waals surface area contributed by atoms with Crippen LogP contribution in [0, 0.1) is 5.82 Å². The van der Waals surface area contributed by atoms with Gasteiger partial charge in [0.25, 0.3) is 5.91 Å². The molecule has 23 heavy (non-hydrogen) atoms. The zero-order valence-electron chi connectivity index (χ0n) is 12.7. The quantitative estimate of drug-likeness (QED) is 0.733. The predicted octanol–water partition coefficient (Wildman–Crippen LogP) is 3.55. The Hall–Kier alpha value is -2.62. The van der Waals surface area contributed by atoms with Crippen LogP contribution in [0.4, 0.5) is 4.39 Å². The average Bonchev–Trinajstić information content (AvgIpc) is 2.79. The fourth-order valence-electron chi connectivity index (χ4n) is 3.34. The molecule has 0 atom stereocenters. The van der Waals surface area contributed by atoms with E-state index < -0.39 is 0 Å². The zero-order chi connectivity index (χ0) is 15.8. The van der Waals surface area contributed by atoms with Crippen LogP contribution in [0.1, 0.15) is 21.6 Å². The van der Waals surface area contributed by atoms with E-state index in [9.17, 15) is 9.18 Å². The molecule has 1 aromatic heterocycles. The van der Waals surface area contributed by atoms with Crippen molar-refractivity contribution in [1.29, 1.82) is 0 Å². The normalized spacial score (nSPS) is 14.6. The van der Waals surface area contributed by atoms with Gasteiger partial charge in [0, 0.05) is 41.7 Å². The van der Waals surface area contributed by atoms with Crippen LogP contribution in [0.3, 0.4) is 0 Å². The van der Waals surface area contributed by atoms with E-state index in [1.54, 1.807) is 12.1 Å². The van der Waals surface area contributed by atoms with Gasteiger partial charge in [0.05, 0.1) is 0 Å². The number of para-hydroxylation sites is 1. The lowest BCUT2D eigenvalue weighted by molar-refractivity contribution is 0.0763. The highest BCUT2D eigenvalue weighted by atomic mass is 19.1. The molecule has 116 valence electrons. The first-order valence-electron chi connectivity index (χ1n) is 7.85. The molecule has 0 fully saturated rings. The summed E-state index contributed by atoms with van der Waals surface area (Å²) in [6.45, 7) is 1.36. The van der Waals surface area contributed by atoms with E-state index in [4.69, 9.17) is 0 Å². The minimum Gasteiger partial charge on any atom is -0.358 e. The summed E-state index contributed by atoms with van der Waals surface area (Å²) in [5.41, 5.74) is 4.24. The molecular formula is C19H17FN2O. The van der Waals surface area contributed by atoms with Crippen molar-refractivity contribution in [2.24, 2.45) is 0 Å². The smallest absolute Gasteiger partial charge is 0.253 e. The minimum absolute atomic E-state index is 0.0283. The largest absolute Gasteiger partial charge is 0.358 e. The number of H-pyrrole nitrogens is 1. The van der Waals surface area contributed by atoms with E-state index >= 15 is 0 Å². The molecule has 0 saturated carbocycles. The number of carbonyl (C=O) groups excluding carboxylic acids is 1. The van der Waals surface area contributed by atoms with E-state index in [1.807, 2.05) is 17.0 Å². The number of aromatic nitrogens is 1. The van der Waals surface area contributed by atoms with Gasteiger partial charge in [-0.15, -0.1) is 0 Å². The van der Waals surface area contributed by atoms with Gasteiger partial charge in [-0.1, -0.05) is 18.2 Å². The standard InChI is InChI=1S/C19H17FN2O/c20-14-7-5-13(6-8-14)19(23)22-11-9-16-15-3-1-2-4-17(15)21-18(16)10-12-22/h1-8,21H,9-12H2. The molecule has 1 amide bonds. The van der Waals surface area contributed by atoms with Crippen molar-refractivity contribution in [3.8, 4) is 0 Å². The molecule has 1 aliphatic heterocycles. The number of nitrogens with zero attached hydrogens (tertiary/aromatic N) is 1. The van der Waals surface area contributed by atoms with Gasteiger partial charge in [-0.05, 0) is 42.3 Å². The Kier molecular flexibility index (Phi) is 3.37. The summed E-state index contributed by atoms with van der Waals surface area (Å²) in [6.07, 6.45) is 1.66. The topological polar surface area (TPSA) is 36.1 Å². The molecule has 0 radical (unpaired) electrons. The van der Waals surface area contributed by atoms with Crippen molar-refractivity contribution in [2.45, 2.75) is 12.8 Å². The number of fused-ring (bicyclic) bond motifs is 3. The number of hydrogen-bond donors (Lipinski definition) is 1. The lowest BCUT2D eigenvalue weighted by atomic mass is 10.1. The van der Waals surface area contributed by atoms with Crippen LogP contribution in [0.25, 0.3) is 10.9 Å². The van der Waals surface area contributed by atoms with Gasteiger partial charge in [0.15, 0.2) is 0 Å². The molecule has 2 heterocycles. The number of aromatic amines is 1. The number of rotatable bonds is 1. The number of hydrogen-bond acceptors (Lipinski definition) is 1. The molecule has 2 aromatic carbocycles. The first kappa shape index (κ1) is 14.0. The maximum Gasteiger partial charge on any atom is 0.253 e. The lowest BCUT2D eigenvalue weighted by Gasteiger charge is -2.20. The van der Waals surface area contributed by atoms with Gasteiger partial charge < -0.3 is 9.88 Å². The third-order valence-electron chi connectivity index (χ3n) is 4.54. The molecule has 0 saturated heterocycles. The Balaban J connectivity index is 1.58. The van der Waals surface area contributed by atoms with Crippen molar-refractivity contribution < 1.29 is 9.18 Å². The van der Waals surface area contributed by atoms with Crippen molar-refractivity contribution in [3.05, 3.63) is 71.2 Å². The van der Waals surface area contributed by atoms with Crippen LogP contribution in [-0.2, 0) is 12.8 Å². The first-order chi connectivity index (χ1) is 11.2. The minimum atomic E-state index is -0.320. The van der Waals surface area contributed by atoms with Gasteiger partial charge in [-0.2, -0.15) is 0 Å². The summed E-state index contributed by atoms with van der Waals surface area (Å²) < 4.78 is 13.0. The van der Waals surface area contributed by atoms with Crippen molar-refractivity contribution in [1.82, 2.24) is 9.88 Å². The highest BCUT2D eigenvalue weighted by Gasteiger charge is 2.22. The predicted molar refractivity (Wildman–Crippen MR) is 88.0 cm³/mol. The number of halogens is 1. The number of amides is 1. The molecule has 0 bridgehead atoms. The summed E-state index contributed by atoms with van der Waals surface area (Å²) in [4.78, 5) is 17.9. The van der Waals surface area contributed by atoms with Crippen LogP contribution < -0.4 is 0 Å². The van der Waals surface area contributed by atoms with E-state index in [1.165, 1.54) is 28.8 Å². The van der Waals surface area contributed by atoms with Gasteiger partial charge in [0.2, 0.25) is 0 Å². The average molecular weight is 308 g/mol. The van der Waals surface area contributed by atoms with E-state index in [2.05, 4.69) is 17.1 Å².